The van der Waals surface area contributed by atoms with E-state index in [1.807, 2.05) is 0 Å². The van der Waals surface area contributed by atoms with Crippen LogP contribution >= 0.6 is 11.6 Å². The van der Waals surface area contributed by atoms with Gasteiger partial charge in [0, 0.05) is 47.4 Å². The molecule has 5 N–H and O–H groups in total. The number of pyridine rings is 3. The van der Waals surface area contributed by atoms with E-state index < -0.39 is 17.0 Å². The van der Waals surface area contributed by atoms with Crippen molar-refractivity contribution in [1.82, 2.24) is 59.6 Å². The Balaban J connectivity index is 0.000000145. The molecule has 20 nitrogen and oxygen atoms in total. The second kappa shape index (κ2) is 17.2. The third kappa shape index (κ3) is 8.65. The zero-order chi connectivity index (χ0) is 47.0. The van der Waals surface area contributed by atoms with Gasteiger partial charge in [0.15, 0.2) is 0 Å². The molecule has 0 aliphatic carbocycles. The highest BCUT2D eigenvalue weighted by atomic mass is 35.5. The van der Waals surface area contributed by atoms with Crippen molar-refractivity contribution in [2.24, 2.45) is 0 Å². The van der Waals surface area contributed by atoms with Crippen molar-refractivity contribution in [3.8, 4) is 0 Å². The number of aromatic nitrogens is 9. The molecule has 0 atom stereocenters. The number of rotatable bonds is 8. The van der Waals surface area contributed by atoms with Crippen LogP contribution in [-0.4, -0.2) is 61.3 Å². The summed E-state index contributed by atoms with van der Waals surface area (Å²) in [6, 6.07) is 9.78. The number of halogens is 1. The van der Waals surface area contributed by atoms with Crippen LogP contribution in [0, 0.1) is 0 Å². The first-order valence-corrected chi connectivity index (χ1v) is 20.2. The number of nitrogens with one attached hydrogen (secondary N) is 5. The van der Waals surface area contributed by atoms with Gasteiger partial charge in [0.2, 0.25) is 0 Å². The van der Waals surface area contributed by atoms with Crippen LogP contribution in [0.15, 0.2) is 102 Å². The SMILES string of the molecule is C=Cc1cc(Nc2ccncn2)c(=O)n2c1C(=O)NC2(C)C.C=Cc1cc(Nc2ccncn2)c(=O)n2c1C(=O)NC2(C)C.CC1(C)NC(=O)c2c(Cl)cc(Cc3ccncn3)c(=O)n21. The molecule has 0 fully saturated rings. The maximum atomic E-state index is 12.7. The van der Waals surface area contributed by atoms with Gasteiger partial charge in [0.05, 0.1) is 5.02 Å². The smallest absolute Gasteiger partial charge is 0.276 e. The molecular formula is C44H43ClN14O6. The molecule has 332 valence electrons. The van der Waals surface area contributed by atoms with E-state index in [9.17, 15) is 28.8 Å². The van der Waals surface area contributed by atoms with Gasteiger partial charge in [-0.25, -0.2) is 29.9 Å². The number of hydrogen-bond acceptors (Lipinski definition) is 14. The zero-order valence-corrected chi connectivity index (χ0v) is 36.8. The molecule has 3 aliphatic rings. The number of carbonyl (C=O) groups is 3. The first kappa shape index (κ1) is 44.9. The minimum absolute atomic E-state index is 0.207. The molecule has 0 unspecified atom stereocenters. The van der Waals surface area contributed by atoms with Gasteiger partial charge in [0.25, 0.3) is 34.4 Å². The summed E-state index contributed by atoms with van der Waals surface area (Å²) in [4.78, 5) is 98.0. The predicted octanol–water partition coefficient (Wildman–Crippen LogP) is 4.24. The highest BCUT2D eigenvalue weighted by Crippen LogP contribution is 2.29. The lowest BCUT2D eigenvalue weighted by molar-refractivity contribution is 0.0925. The minimum atomic E-state index is -0.801. The number of hydrogen-bond donors (Lipinski definition) is 5. The van der Waals surface area contributed by atoms with Gasteiger partial charge < -0.3 is 26.6 Å². The minimum Gasteiger partial charge on any atom is -0.336 e. The first-order chi connectivity index (χ1) is 30.8. The summed E-state index contributed by atoms with van der Waals surface area (Å²) in [5.41, 5.74) is 0.614. The molecule has 0 radical (unpaired) electrons. The second-order valence-electron chi connectivity index (χ2n) is 16.3. The maximum Gasteiger partial charge on any atom is 0.276 e. The molecule has 6 aromatic rings. The number of amides is 3. The van der Waals surface area contributed by atoms with Crippen LogP contribution in [0.5, 0.6) is 0 Å². The Hall–Kier alpha value is -8.13. The summed E-state index contributed by atoms with van der Waals surface area (Å²) >= 11 is 6.18. The average Bonchev–Trinajstić information content (AvgIpc) is 3.78. The average molecular weight is 899 g/mol. The van der Waals surface area contributed by atoms with E-state index in [0.29, 0.717) is 63.2 Å². The number of nitrogens with zero attached hydrogens (tertiary/aromatic N) is 9. The Bertz CT molecular complexity index is 2950. The molecule has 9 rings (SSSR count). The molecule has 3 aliphatic heterocycles. The second-order valence-corrected chi connectivity index (χ2v) is 16.7. The Kier molecular flexibility index (Phi) is 11.9. The highest BCUT2D eigenvalue weighted by molar-refractivity contribution is 6.33. The highest BCUT2D eigenvalue weighted by Gasteiger charge is 2.40. The van der Waals surface area contributed by atoms with Gasteiger partial charge in [-0.05, 0) is 77.9 Å². The van der Waals surface area contributed by atoms with Crippen LogP contribution in [0.3, 0.4) is 0 Å². The number of fused-ring (bicyclic) bond motifs is 3. The molecular weight excluding hydrogens is 856 g/mol. The molecule has 65 heavy (non-hydrogen) atoms. The Morgan fingerprint density at radius 3 is 1.37 bits per heavy atom. The Morgan fingerprint density at radius 2 is 0.985 bits per heavy atom. The lowest BCUT2D eigenvalue weighted by Gasteiger charge is -2.22. The van der Waals surface area contributed by atoms with Crippen molar-refractivity contribution in [2.45, 2.75) is 65.0 Å². The fourth-order valence-corrected chi connectivity index (χ4v) is 7.90. The standard InChI is InChI=1S/2C15H15N5O2.C14H13ClN4O2/c2*1-4-9-7-10(18-11-5-6-16-8-17-11)14(22)20-12(9)13(21)19-15(20,2)3;1-14(2)18-12(20)11-10(15)6-8(13(21)19(11)14)5-9-3-4-16-7-17-9/h2*4-8H,1H2,2-3H3,(H,19,21)(H,16,17,18);3-4,6-7H,5H2,1-2H3,(H,18,20). The van der Waals surface area contributed by atoms with Gasteiger partial charge in [-0.2, -0.15) is 0 Å². The van der Waals surface area contributed by atoms with Crippen LogP contribution in [0.25, 0.3) is 12.2 Å². The normalized spacial score (nSPS) is 15.3. The third-order valence-corrected chi connectivity index (χ3v) is 10.7. The van der Waals surface area contributed by atoms with E-state index >= 15 is 0 Å². The molecule has 0 saturated heterocycles. The fourth-order valence-electron chi connectivity index (χ4n) is 7.60. The quantitative estimate of drug-likeness (QED) is 0.143. The molecule has 3 amide bonds. The summed E-state index contributed by atoms with van der Waals surface area (Å²) in [5, 5.41) is 14.5. The molecule has 0 spiro atoms. The van der Waals surface area contributed by atoms with Crippen LogP contribution in [0.4, 0.5) is 23.0 Å². The monoisotopic (exact) mass is 898 g/mol. The lowest BCUT2D eigenvalue weighted by atomic mass is 10.1. The van der Waals surface area contributed by atoms with E-state index in [1.165, 1.54) is 32.7 Å². The van der Waals surface area contributed by atoms with Crippen LogP contribution in [0.1, 0.15) is 95.4 Å². The fraction of sp³-hybridized carbons (Fsp3) is 0.227. The molecule has 0 bridgehead atoms. The van der Waals surface area contributed by atoms with E-state index in [1.54, 1.807) is 109 Å². The number of anilines is 4. The van der Waals surface area contributed by atoms with Crippen molar-refractivity contribution in [2.75, 3.05) is 10.6 Å². The van der Waals surface area contributed by atoms with Gasteiger partial charge in [-0.3, -0.25) is 42.5 Å². The van der Waals surface area contributed by atoms with Gasteiger partial charge in [-0.15, -0.1) is 0 Å². The zero-order valence-electron chi connectivity index (χ0n) is 36.1. The molecule has 0 saturated carbocycles. The molecule has 0 aromatic carbocycles. The van der Waals surface area contributed by atoms with E-state index in [4.69, 9.17) is 11.6 Å². The lowest BCUT2D eigenvalue weighted by Crippen LogP contribution is -2.42. The molecule has 6 aromatic heterocycles. The predicted molar refractivity (Wildman–Crippen MR) is 243 cm³/mol. The van der Waals surface area contributed by atoms with Crippen LogP contribution in [0.2, 0.25) is 5.02 Å². The summed E-state index contributed by atoms with van der Waals surface area (Å²) in [6.45, 7) is 18.0. The van der Waals surface area contributed by atoms with Crippen LogP contribution < -0.4 is 43.3 Å². The van der Waals surface area contributed by atoms with Crippen molar-refractivity contribution in [3.05, 3.63) is 163 Å². The van der Waals surface area contributed by atoms with Crippen molar-refractivity contribution < 1.29 is 14.4 Å². The Labute approximate surface area is 375 Å². The summed E-state index contributed by atoms with van der Waals surface area (Å²) < 4.78 is 4.29. The van der Waals surface area contributed by atoms with E-state index in [2.05, 4.69) is 69.6 Å². The first-order valence-electron chi connectivity index (χ1n) is 19.9. The van der Waals surface area contributed by atoms with Crippen molar-refractivity contribution in [1.29, 1.82) is 0 Å². The van der Waals surface area contributed by atoms with Gasteiger partial charge >= 0.3 is 0 Å². The molecule has 21 heteroatoms. The summed E-state index contributed by atoms with van der Waals surface area (Å²) in [6.07, 6.45) is 12.4. The Morgan fingerprint density at radius 1 is 0.585 bits per heavy atom. The molecule has 9 heterocycles. The third-order valence-electron chi connectivity index (χ3n) is 10.4. The van der Waals surface area contributed by atoms with Crippen molar-refractivity contribution >= 4 is 64.5 Å². The number of carbonyl (C=O) groups excluding carboxylic acids is 3. The van der Waals surface area contributed by atoms with Crippen LogP contribution in [-0.2, 0) is 23.4 Å². The van der Waals surface area contributed by atoms with E-state index in [-0.39, 0.29) is 45.1 Å². The van der Waals surface area contributed by atoms with Gasteiger partial charge in [-0.1, -0.05) is 36.9 Å². The topological polar surface area (TPSA) is 255 Å². The van der Waals surface area contributed by atoms with Gasteiger partial charge in [0.1, 0.15) is 76.1 Å². The van der Waals surface area contributed by atoms with Crippen molar-refractivity contribution in [3.63, 3.8) is 0 Å². The summed E-state index contributed by atoms with van der Waals surface area (Å²) in [7, 11) is 0. The maximum absolute atomic E-state index is 12.7. The van der Waals surface area contributed by atoms with E-state index in [0.717, 1.165) is 0 Å². The largest absolute Gasteiger partial charge is 0.336 e. The summed E-state index contributed by atoms with van der Waals surface area (Å²) in [5.74, 6) is 0.0855.